The second-order valence-electron chi connectivity index (χ2n) is 7.56. The first kappa shape index (κ1) is 20.4. The minimum atomic E-state index is -0.355. The van der Waals surface area contributed by atoms with E-state index in [1.54, 1.807) is 36.4 Å². The maximum absolute atomic E-state index is 13.0. The van der Waals surface area contributed by atoms with Gasteiger partial charge in [0, 0.05) is 24.3 Å². The Kier molecular flexibility index (Phi) is 6.33. The molecule has 1 N–H and O–H groups in total. The molecule has 0 bridgehead atoms. The number of likely N-dealkylation sites (tertiary alicyclic amines) is 1. The van der Waals surface area contributed by atoms with E-state index in [9.17, 15) is 9.59 Å². The molecule has 6 heteroatoms. The Morgan fingerprint density at radius 2 is 1.77 bits per heavy atom. The number of nitrogens with one attached hydrogen (secondary N) is 1. The van der Waals surface area contributed by atoms with Crippen molar-refractivity contribution in [2.24, 2.45) is 5.92 Å². The summed E-state index contributed by atoms with van der Waals surface area (Å²) in [6.45, 7) is 1.51. The van der Waals surface area contributed by atoms with Crippen molar-refractivity contribution in [3.8, 4) is 0 Å². The number of benzene rings is 2. The van der Waals surface area contributed by atoms with Crippen LogP contribution in [0.1, 0.15) is 39.3 Å². The van der Waals surface area contributed by atoms with Crippen LogP contribution in [-0.4, -0.2) is 29.8 Å². The number of hydrogen-bond acceptors (Lipinski definition) is 3. The Morgan fingerprint density at radius 3 is 2.47 bits per heavy atom. The molecule has 0 unspecified atom stereocenters. The molecule has 1 fully saturated rings. The fourth-order valence-corrected chi connectivity index (χ4v) is 4.14. The standard InChI is InChI=1S/C24H23BrN2O3/c25-22-10-9-21(30-22)23(28)26-20-8-4-7-19(16-20)24(29)27-13-11-18(12-14-27)15-17-5-2-1-3-6-17/h1-10,16,18H,11-15H2,(H,26,28). The molecule has 1 saturated heterocycles. The van der Waals surface area contributed by atoms with Gasteiger partial charge in [-0.2, -0.15) is 0 Å². The second-order valence-corrected chi connectivity index (χ2v) is 8.35. The van der Waals surface area contributed by atoms with Gasteiger partial charge in [-0.15, -0.1) is 0 Å². The van der Waals surface area contributed by atoms with Crippen LogP contribution in [0.5, 0.6) is 0 Å². The summed E-state index contributed by atoms with van der Waals surface area (Å²) < 4.78 is 5.77. The molecule has 4 rings (SSSR count). The topological polar surface area (TPSA) is 62.6 Å². The lowest BCUT2D eigenvalue weighted by atomic mass is 9.90. The van der Waals surface area contributed by atoms with E-state index in [4.69, 9.17) is 4.42 Å². The second kappa shape index (κ2) is 9.30. The fraction of sp³-hybridized carbons (Fsp3) is 0.250. The first-order chi connectivity index (χ1) is 14.6. The highest BCUT2D eigenvalue weighted by Gasteiger charge is 2.24. The van der Waals surface area contributed by atoms with Gasteiger partial charge in [0.25, 0.3) is 11.8 Å². The third-order valence-electron chi connectivity index (χ3n) is 5.43. The van der Waals surface area contributed by atoms with E-state index in [0.29, 0.717) is 21.8 Å². The largest absolute Gasteiger partial charge is 0.444 e. The molecule has 1 aliphatic heterocycles. The highest BCUT2D eigenvalue weighted by atomic mass is 79.9. The Morgan fingerprint density at radius 1 is 1.00 bits per heavy atom. The molecule has 0 aliphatic carbocycles. The zero-order valence-corrected chi connectivity index (χ0v) is 18.1. The first-order valence-electron chi connectivity index (χ1n) is 10.1. The summed E-state index contributed by atoms with van der Waals surface area (Å²) in [5.74, 6) is 0.464. The highest BCUT2D eigenvalue weighted by Crippen LogP contribution is 2.24. The van der Waals surface area contributed by atoms with E-state index in [1.807, 2.05) is 11.0 Å². The van der Waals surface area contributed by atoms with Gasteiger partial charge >= 0.3 is 0 Å². The molecular weight excluding hydrogens is 444 g/mol. The van der Waals surface area contributed by atoms with E-state index in [1.165, 1.54) is 5.56 Å². The SMILES string of the molecule is O=C(Nc1cccc(C(=O)N2CCC(Cc3ccccc3)CC2)c1)c1ccc(Br)o1. The number of halogens is 1. The number of piperidine rings is 1. The number of furan rings is 1. The predicted molar refractivity (Wildman–Crippen MR) is 120 cm³/mol. The van der Waals surface area contributed by atoms with Crippen LogP contribution in [0.2, 0.25) is 0 Å². The minimum Gasteiger partial charge on any atom is -0.444 e. The van der Waals surface area contributed by atoms with Gasteiger partial charge in [0.05, 0.1) is 0 Å². The van der Waals surface area contributed by atoms with Gasteiger partial charge in [0.15, 0.2) is 10.4 Å². The zero-order chi connectivity index (χ0) is 20.9. The van der Waals surface area contributed by atoms with Crippen molar-refractivity contribution in [1.82, 2.24) is 4.90 Å². The summed E-state index contributed by atoms with van der Waals surface area (Å²) in [6.07, 6.45) is 3.07. The molecule has 0 atom stereocenters. The summed E-state index contributed by atoms with van der Waals surface area (Å²) >= 11 is 3.19. The van der Waals surface area contributed by atoms with Crippen LogP contribution in [0.3, 0.4) is 0 Å². The summed E-state index contributed by atoms with van der Waals surface area (Å²) in [5.41, 5.74) is 2.50. The van der Waals surface area contributed by atoms with Crippen LogP contribution in [0, 0.1) is 5.92 Å². The maximum Gasteiger partial charge on any atom is 0.291 e. The van der Waals surface area contributed by atoms with Crippen molar-refractivity contribution in [2.75, 3.05) is 18.4 Å². The van der Waals surface area contributed by atoms with Gasteiger partial charge in [0.2, 0.25) is 0 Å². The van der Waals surface area contributed by atoms with Crippen LogP contribution in [0.15, 0.2) is 75.8 Å². The third-order valence-corrected chi connectivity index (χ3v) is 5.86. The fourth-order valence-electron chi connectivity index (χ4n) is 3.83. The average molecular weight is 467 g/mol. The molecule has 154 valence electrons. The number of anilines is 1. The third kappa shape index (κ3) is 5.00. The lowest BCUT2D eigenvalue weighted by Gasteiger charge is -2.32. The van der Waals surface area contributed by atoms with E-state index < -0.39 is 0 Å². The molecule has 3 aromatic rings. The highest BCUT2D eigenvalue weighted by molar-refractivity contribution is 9.10. The van der Waals surface area contributed by atoms with Crippen LogP contribution in [-0.2, 0) is 6.42 Å². The predicted octanol–water partition coefficient (Wildman–Crippen LogP) is 5.39. The molecule has 0 saturated carbocycles. The summed E-state index contributed by atoms with van der Waals surface area (Å²) in [4.78, 5) is 27.1. The molecule has 1 aliphatic rings. The van der Waals surface area contributed by atoms with Crippen molar-refractivity contribution >= 4 is 33.4 Å². The molecule has 0 spiro atoms. The molecule has 0 radical (unpaired) electrons. The number of carbonyl (C=O) groups excluding carboxylic acids is 2. The zero-order valence-electron chi connectivity index (χ0n) is 16.5. The average Bonchev–Trinajstić information content (AvgIpc) is 3.21. The van der Waals surface area contributed by atoms with E-state index >= 15 is 0 Å². The lowest BCUT2D eigenvalue weighted by Crippen LogP contribution is -2.38. The minimum absolute atomic E-state index is 0.00463. The summed E-state index contributed by atoms with van der Waals surface area (Å²) in [7, 11) is 0. The normalized spacial score (nSPS) is 14.5. The van der Waals surface area contributed by atoms with Gasteiger partial charge < -0.3 is 14.6 Å². The van der Waals surface area contributed by atoms with Crippen molar-refractivity contribution in [3.05, 3.63) is 88.3 Å². The molecule has 1 aromatic heterocycles. The molecule has 5 nitrogen and oxygen atoms in total. The van der Waals surface area contributed by atoms with E-state index in [-0.39, 0.29) is 17.6 Å². The Hall–Kier alpha value is -2.86. The van der Waals surface area contributed by atoms with E-state index in [0.717, 1.165) is 32.4 Å². The number of rotatable bonds is 5. The molecule has 2 aromatic carbocycles. The van der Waals surface area contributed by atoms with Crippen molar-refractivity contribution in [2.45, 2.75) is 19.3 Å². The van der Waals surface area contributed by atoms with Crippen molar-refractivity contribution < 1.29 is 14.0 Å². The van der Waals surface area contributed by atoms with Crippen molar-refractivity contribution in [3.63, 3.8) is 0 Å². The number of carbonyl (C=O) groups is 2. The monoisotopic (exact) mass is 466 g/mol. The van der Waals surface area contributed by atoms with Crippen LogP contribution >= 0.6 is 15.9 Å². The smallest absolute Gasteiger partial charge is 0.291 e. The first-order valence-corrected chi connectivity index (χ1v) is 10.9. The van der Waals surface area contributed by atoms with Gasteiger partial charge in [-0.05, 0) is 77.0 Å². The summed E-state index contributed by atoms with van der Waals surface area (Å²) in [6, 6.07) is 20.8. The summed E-state index contributed by atoms with van der Waals surface area (Å²) in [5, 5.41) is 2.78. The number of amides is 2. The lowest BCUT2D eigenvalue weighted by molar-refractivity contribution is 0.0690. The van der Waals surface area contributed by atoms with E-state index in [2.05, 4.69) is 45.5 Å². The molecule has 2 amide bonds. The van der Waals surface area contributed by atoms with Gasteiger partial charge in [-0.3, -0.25) is 9.59 Å². The Balaban J connectivity index is 1.35. The van der Waals surface area contributed by atoms with Crippen LogP contribution in [0.4, 0.5) is 5.69 Å². The van der Waals surface area contributed by atoms with Crippen molar-refractivity contribution in [1.29, 1.82) is 0 Å². The van der Waals surface area contributed by atoms with Gasteiger partial charge in [-0.1, -0.05) is 36.4 Å². The quantitative estimate of drug-likeness (QED) is 0.548. The van der Waals surface area contributed by atoms with Gasteiger partial charge in [-0.25, -0.2) is 0 Å². The molecular formula is C24H23BrN2O3. The number of nitrogens with zero attached hydrogens (tertiary/aromatic N) is 1. The maximum atomic E-state index is 13.0. The molecule has 2 heterocycles. The Bertz CT molecular complexity index is 1020. The van der Waals surface area contributed by atoms with Crippen LogP contribution in [0.25, 0.3) is 0 Å². The molecule has 30 heavy (non-hydrogen) atoms. The number of hydrogen-bond donors (Lipinski definition) is 1. The van der Waals surface area contributed by atoms with Crippen LogP contribution < -0.4 is 5.32 Å². The Labute approximate surface area is 184 Å². The van der Waals surface area contributed by atoms with Gasteiger partial charge in [0.1, 0.15) is 0 Å².